The van der Waals surface area contributed by atoms with E-state index in [4.69, 9.17) is 24.4 Å². The van der Waals surface area contributed by atoms with Crippen molar-refractivity contribution in [3.8, 4) is 11.5 Å². The molecule has 1 N–H and O–H groups in total. The Kier molecular flexibility index (Phi) is 9.05. The third kappa shape index (κ3) is 9.13. The molecule has 1 unspecified atom stereocenters. The van der Waals surface area contributed by atoms with Crippen molar-refractivity contribution in [1.29, 1.82) is 5.41 Å². The molecule has 0 saturated heterocycles. The molecule has 0 radical (unpaired) electrons. The zero-order valence-electron chi connectivity index (χ0n) is 23.9. The molecule has 3 rings (SSSR count). The standard InChI is InChI=1S/C32H39NO6/c1-30(2,3)38-25-12-8-22(9-13-25)28(34)36-19-18-32(7)17-16-27(24(20-32)21-33)37-29(35)23-10-14-26(15-11-23)39-31(4,5)6/h8-16,20-21,33H,17-19H2,1-7H3. The van der Waals surface area contributed by atoms with Gasteiger partial charge in [-0.05, 0) is 114 Å². The summed E-state index contributed by atoms with van der Waals surface area (Å²) in [6.07, 6.45) is 6.00. The molecule has 1 atom stereocenters. The molecule has 7 heteroatoms. The van der Waals surface area contributed by atoms with Crippen LogP contribution in [-0.4, -0.2) is 36.0 Å². The lowest BCUT2D eigenvalue weighted by atomic mass is 9.78. The molecule has 0 amide bonds. The van der Waals surface area contributed by atoms with Crippen molar-refractivity contribution in [2.45, 2.75) is 72.5 Å². The van der Waals surface area contributed by atoms with Crippen LogP contribution in [0.2, 0.25) is 0 Å². The van der Waals surface area contributed by atoms with Gasteiger partial charge in [0.15, 0.2) is 0 Å². The molecule has 0 bridgehead atoms. The van der Waals surface area contributed by atoms with Gasteiger partial charge < -0.3 is 24.4 Å². The lowest BCUT2D eigenvalue weighted by molar-refractivity contribution is 0.0464. The number of rotatable bonds is 9. The van der Waals surface area contributed by atoms with Gasteiger partial charge in [-0.15, -0.1) is 0 Å². The molecule has 208 valence electrons. The maximum Gasteiger partial charge on any atom is 0.343 e. The van der Waals surface area contributed by atoms with Crippen molar-refractivity contribution in [3.63, 3.8) is 0 Å². The molecule has 2 aromatic carbocycles. The van der Waals surface area contributed by atoms with E-state index in [0.717, 1.165) is 0 Å². The van der Waals surface area contributed by atoms with Crippen LogP contribution in [0.25, 0.3) is 0 Å². The SMILES string of the molecule is CC1(CCOC(=O)c2ccc(OC(C)(C)C)cc2)C=C(C=N)C(OC(=O)c2ccc(OC(C)(C)C)cc2)=CC1. The monoisotopic (exact) mass is 533 g/mol. The second kappa shape index (κ2) is 11.9. The van der Waals surface area contributed by atoms with E-state index in [1.807, 2.05) is 60.6 Å². The summed E-state index contributed by atoms with van der Waals surface area (Å²) in [5.74, 6) is 0.786. The number of ether oxygens (including phenoxy) is 4. The van der Waals surface area contributed by atoms with Crippen molar-refractivity contribution >= 4 is 18.2 Å². The Hall–Kier alpha value is -3.87. The molecular formula is C32H39NO6. The van der Waals surface area contributed by atoms with Crippen molar-refractivity contribution in [1.82, 2.24) is 0 Å². The van der Waals surface area contributed by atoms with Crippen LogP contribution in [0.5, 0.6) is 11.5 Å². The highest BCUT2D eigenvalue weighted by Gasteiger charge is 2.28. The molecule has 0 fully saturated rings. The number of nitrogens with one attached hydrogen (secondary N) is 1. The van der Waals surface area contributed by atoms with Gasteiger partial charge >= 0.3 is 11.9 Å². The summed E-state index contributed by atoms with van der Waals surface area (Å²) in [6.45, 7) is 14.0. The maximum absolute atomic E-state index is 12.7. The van der Waals surface area contributed by atoms with Gasteiger partial charge in [0.2, 0.25) is 0 Å². The van der Waals surface area contributed by atoms with Crippen LogP contribution in [-0.2, 0) is 9.47 Å². The summed E-state index contributed by atoms with van der Waals surface area (Å²) < 4.78 is 22.7. The summed E-state index contributed by atoms with van der Waals surface area (Å²) in [5, 5.41) is 7.86. The first-order chi connectivity index (χ1) is 18.2. The number of allylic oxidation sites excluding steroid dienone is 3. The average molecular weight is 534 g/mol. The second-order valence-electron chi connectivity index (χ2n) is 11.9. The van der Waals surface area contributed by atoms with E-state index in [0.29, 0.717) is 46.8 Å². The highest BCUT2D eigenvalue weighted by Crippen LogP contribution is 2.36. The quantitative estimate of drug-likeness (QED) is 0.268. The van der Waals surface area contributed by atoms with E-state index in [9.17, 15) is 9.59 Å². The highest BCUT2D eigenvalue weighted by molar-refractivity contribution is 5.92. The van der Waals surface area contributed by atoms with E-state index in [1.54, 1.807) is 48.5 Å². The van der Waals surface area contributed by atoms with Crippen molar-refractivity contribution < 1.29 is 28.5 Å². The predicted octanol–water partition coefficient (Wildman–Crippen LogP) is 7.31. The van der Waals surface area contributed by atoms with E-state index in [-0.39, 0.29) is 23.2 Å². The molecule has 0 aliphatic heterocycles. The Morgan fingerprint density at radius 1 is 0.846 bits per heavy atom. The van der Waals surface area contributed by atoms with Crippen LogP contribution in [0, 0.1) is 10.8 Å². The third-order valence-corrected chi connectivity index (χ3v) is 5.83. The number of hydrogen-bond acceptors (Lipinski definition) is 7. The van der Waals surface area contributed by atoms with Gasteiger partial charge in [0, 0.05) is 11.8 Å². The lowest BCUT2D eigenvalue weighted by Crippen LogP contribution is -2.23. The number of hydrogen-bond donors (Lipinski definition) is 1. The third-order valence-electron chi connectivity index (χ3n) is 5.83. The molecule has 1 aliphatic rings. The van der Waals surface area contributed by atoms with Crippen LogP contribution in [0.15, 0.2) is 72.0 Å². The fourth-order valence-electron chi connectivity index (χ4n) is 3.98. The number of carbonyl (C=O) groups is 2. The first-order valence-electron chi connectivity index (χ1n) is 13.1. The number of esters is 2. The zero-order chi connectivity index (χ0) is 28.8. The summed E-state index contributed by atoms with van der Waals surface area (Å²) in [5.41, 5.74) is 0.328. The minimum atomic E-state index is -0.507. The molecule has 0 aromatic heterocycles. The van der Waals surface area contributed by atoms with Gasteiger partial charge in [-0.25, -0.2) is 9.59 Å². The Balaban J connectivity index is 1.55. The van der Waals surface area contributed by atoms with Crippen LogP contribution >= 0.6 is 0 Å². The van der Waals surface area contributed by atoms with Crippen molar-refractivity contribution in [2.75, 3.05) is 6.61 Å². The fourth-order valence-corrected chi connectivity index (χ4v) is 3.98. The first-order valence-corrected chi connectivity index (χ1v) is 13.1. The number of benzene rings is 2. The van der Waals surface area contributed by atoms with Crippen LogP contribution in [0.3, 0.4) is 0 Å². The Bertz CT molecular complexity index is 1240. The summed E-state index contributed by atoms with van der Waals surface area (Å²) >= 11 is 0. The Morgan fingerprint density at radius 2 is 1.33 bits per heavy atom. The predicted molar refractivity (Wildman–Crippen MR) is 152 cm³/mol. The van der Waals surface area contributed by atoms with Crippen LogP contribution in [0.1, 0.15) is 82.0 Å². The normalized spacial score (nSPS) is 17.4. The summed E-state index contributed by atoms with van der Waals surface area (Å²) in [6, 6.07) is 13.7. The largest absolute Gasteiger partial charge is 0.488 e. The van der Waals surface area contributed by atoms with Crippen LogP contribution < -0.4 is 9.47 Å². The minimum Gasteiger partial charge on any atom is -0.488 e. The Morgan fingerprint density at radius 3 is 1.79 bits per heavy atom. The van der Waals surface area contributed by atoms with E-state index in [2.05, 4.69) is 0 Å². The molecule has 0 saturated carbocycles. The van der Waals surface area contributed by atoms with Gasteiger partial charge in [-0.1, -0.05) is 13.0 Å². The maximum atomic E-state index is 12.7. The topological polar surface area (TPSA) is 94.9 Å². The molecule has 0 spiro atoms. The summed E-state index contributed by atoms with van der Waals surface area (Å²) in [4.78, 5) is 25.2. The number of carbonyl (C=O) groups excluding carboxylic acids is 2. The van der Waals surface area contributed by atoms with Gasteiger partial charge in [-0.2, -0.15) is 0 Å². The summed E-state index contributed by atoms with van der Waals surface area (Å²) in [7, 11) is 0. The molecule has 39 heavy (non-hydrogen) atoms. The highest BCUT2D eigenvalue weighted by atomic mass is 16.5. The smallest absolute Gasteiger partial charge is 0.343 e. The average Bonchev–Trinajstić information content (AvgIpc) is 2.84. The Labute approximate surface area is 231 Å². The van der Waals surface area contributed by atoms with Gasteiger partial charge in [0.25, 0.3) is 0 Å². The molecule has 2 aromatic rings. The molecular weight excluding hydrogens is 494 g/mol. The van der Waals surface area contributed by atoms with Crippen LogP contribution in [0.4, 0.5) is 0 Å². The van der Waals surface area contributed by atoms with Gasteiger partial charge in [0.1, 0.15) is 28.5 Å². The van der Waals surface area contributed by atoms with E-state index < -0.39 is 11.9 Å². The zero-order valence-corrected chi connectivity index (χ0v) is 23.9. The lowest BCUT2D eigenvalue weighted by Gasteiger charge is -2.29. The molecule has 7 nitrogen and oxygen atoms in total. The second-order valence-corrected chi connectivity index (χ2v) is 11.9. The van der Waals surface area contributed by atoms with E-state index >= 15 is 0 Å². The molecule has 0 heterocycles. The van der Waals surface area contributed by atoms with Crippen molar-refractivity contribution in [2.24, 2.45) is 5.41 Å². The fraction of sp³-hybridized carbons (Fsp3) is 0.406. The van der Waals surface area contributed by atoms with Gasteiger partial charge in [-0.3, -0.25) is 0 Å². The van der Waals surface area contributed by atoms with Gasteiger partial charge in [0.05, 0.1) is 17.7 Å². The molecule has 1 aliphatic carbocycles. The first kappa shape index (κ1) is 29.7. The minimum absolute atomic E-state index is 0.212. The van der Waals surface area contributed by atoms with E-state index in [1.165, 1.54) is 6.21 Å². The van der Waals surface area contributed by atoms with Crippen molar-refractivity contribution in [3.05, 3.63) is 83.1 Å².